The lowest BCUT2D eigenvalue weighted by molar-refractivity contribution is -0.172. The van der Waals surface area contributed by atoms with Crippen LogP contribution in [-0.2, 0) is 4.74 Å². The van der Waals surface area contributed by atoms with Gasteiger partial charge in [-0.3, -0.25) is 0 Å². The van der Waals surface area contributed by atoms with Crippen molar-refractivity contribution in [1.82, 2.24) is 5.06 Å². The molecule has 0 saturated carbocycles. The van der Waals surface area contributed by atoms with E-state index in [1.807, 2.05) is 0 Å². The fraction of sp³-hybridized carbons (Fsp3) is 1.00. The Morgan fingerprint density at radius 2 is 2.45 bits per heavy atom. The van der Waals surface area contributed by atoms with E-state index in [0.29, 0.717) is 19.1 Å². The van der Waals surface area contributed by atoms with E-state index in [4.69, 9.17) is 4.74 Å². The monoisotopic (exact) mass is 159 g/mol. The summed E-state index contributed by atoms with van der Waals surface area (Å²) in [6.45, 7) is 5.57. The van der Waals surface area contributed by atoms with E-state index in [0.717, 1.165) is 12.8 Å². The molecule has 0 aromatic heterocycles. The zero-order valence-corrected chi connectivity index (χ0v) is 7.29. The minimum Gasteiger partial charge on any atom is -0.359 e. The zero-order chi connectivity index (χ0) is 8.27. The molecule has 1 saturated heterocycles. The molecule has 0 radical (unpaired) electrons. The summed E-state index contributed by atoms with van der Waals surface area (Å²) in [5, 5.41) is 10.6. The van der Waals surface area contributed by atoms with Gasteiger partial charge >= 0.3 is 0 Å². The molecule has 1 aliphatic rings. The second-order valence-electron chi connectivity index (χ2n) is 3.19. The zero-order valence-electron chi connectivity index (χ0n) is 7.29. The second-order valence-corrected chi connectivity index (χ2v) is 3.19. The Kier molecular flexibility index (Phi) is 3.30. The molecule has 0 bridgehead atoms. The standard InChI is InChI=1S/C8H17NO2/c1-3-4-7(2)8-9(10)5-6-11-8/h7-8,10H,3-6H2,1-2H3. The molecule has 3 nitrogen and oxygen atoms in total. The lowest BCUT2D eigenvalue weighted by Crippen LogP contribution is -2.32. The minimum absolute atomic E-state index is 0.0602. The van der Waals surface area contributed by atoms with Crippen LogP contribution in [0.4, 0.5) is 0 Å². The molecular formula is C8H17NO2. The fourth-order valence-electron chi connectivity index (χ4n) is 1.54. The molecule has 1 N–H and O–H groups in total. The molecule has 1 heterocycles. The summed E-state index contributed by atoms with van der Waals surface area (Å²) in [6, 6.07) is 0. The third kappa shape index (κ3) is 2.15. The first-order chi connectivity index (χ1) is 5.25. The van der Waals surface area contributed by atoms with Crippen LogP contribution in [0.25, 0.3) is 0 Å². The summed E-state index contributed by atoms with van der Waals surface area (Å²) >= 11 is 0. The van der Waals surface area contributed by atoms with E-state index < -0.39 is 0 Å². The van der Waals surface area contributed by atoms with Crippen molar-refractivity contribution in [2.45, 2.75) is 32.9 Å². The molecule has 1 rings (SSSR count). The summed E-state index contributed by atoms with van der Waals surface area (Å²) in [5.41, 5.74) is 0. The molecule has 3 heteroatoms. The van der Waals surface area contributed by atoms with E-state index >= 15 is 0 Å². The van der Waals surface area contributed by atoms with Gasteiger partial charge in [0.2, 0.25) is 0 Å². The molecule has 1 fully saturated rings. The van der Waals surface area contributed by atoms with Crippen LogP contribution in [0.2, 0.25) is 0 Å². The lowest BCUT2D eigenvalue weighted by Gasteiger charge is -2.22. The summed E-state index contributed by atoms with van der Waals surface area (Å²) in [6.07, 6.45) is 2.20. The third-order valence-corrected chi connectivity index (χ3v) is 2.13. The highest BCUT2D eigenvalue weighted by molar-refractivity contribution is 4.67. The Balaban J connectivity index is 2.33. The van der Waals surface area contributed by atoms with Crippen LogP contribution in [0.15, 0.2) is 0 Å². The molecule has 11 heavy (non-hydrogen) atoms. The van der Waals surface area contributed by atoms with Crippen molar-refractivity contribution in [3.63, 3.8) is 0 Å². The van der Waals surface area contributed by atoms with Gasteiger partial charge in [-0.05, 0) is 12.3 Å². The maximum Gasteiger partial charge on any atom is 0.135 e. The number of rotatable bonds is 3. The number of hydrogen-bond acceptors (Lipinski definition) is 3. The molecule has 0 aromatic carbocycles. The predicted molar refractivity (Wildman–Crippen MR) is 42.3 cm³/mol. The number of hydrogen-bond donors (Lipinski definition) is 1. The fourth-order valence-corrected chi connectivity index (χ4v) is 1.54. The topological polar surface area (TPSA) is 32.7 Å². The molecular weight excluding hydrogens is 142 g/mol. The van der Waals surface area contributed by atoms with Crippen LogP contribution in [0, 0.1) is 5.92 Å². The van der Waals surface area contributed by atoms with E-state index in [2.05, 4.69) is 13.8 Å². The first kappa shape index (κ1) is 8.97. The van der Waals surface area contributed by atoms with Crippen molar-refractivity contribution in [2.24, 2.45) is 5.92 Å². The molecule has 2 unspecified atom stereocenters. The maximum atomic E-state index is 9.29. The highest BCUT2D eigenvalue weighted by Gasteiger charge is 2.28. The van der Waals surface area contributed by atoms with Crippen LogP contribution in [-0.4, -0.2) is 29.7 Å². The van der Waals surface area contributed by atoms with Crippen LogP contribution in [0.5, 0.6) is 0 Å². The highest BCUT2D eigenvalue weighted by Crippen LogP contribution is 2.19. The van der Waals surface area contributed by atoms with Crippen molar-refractivity contribution in [3.8, 4) is 0 Å². The molecule has 0 amide bonds. The molecule has 0 aromatic rings. The van der Waals surface area contributed by atoms with E-state index in [-0.39, 0.29) is 6.23 Å². The SMILES string of the molecule is CCCC(C)C1OCCN1O. The third-order valence-electron chi connectivity index (χ3n) is 2.13. The van der Waals surface area contributed by atoms with Crippen molar-refractivity contribution in [2.75, 3.05) is 13.2 Å². The smallest absolute Gasteiger partial charge is 0.135 e. The number of nitrogens with zero attached hydrogens (tertiary/aromatic N) is 1. The largest absolute Gasteiger partial charge is 0.359 e. The predicted octanol–water partition coefficient (Wildman–Crippen LogP) is 1.47. The summed E-state index contributed by atoms with van der Waals surface area (Å²) < 4.78 is 5.36. The summed E-state index contributed by atoms with van der Waals surface area (Å²) in [7, 11) is 0. The average Bonchev–Trinajstić information content (AvgIpc) is 2.36. The van der Waals surface area contributed by atoms with Gasteiger partial charge in [-0.15, -0.1) is 0 Å². The Morgan fingerprint density at radius 3 is 2.91 bits per heavy atom. The molecule has 2 atom stereocenters. The van der Waals surface area contributed by atoms with Crippen molar-refractivity contribution < 1.29 is 9.94 Å². The van der Waals surface area contributed by atoms with Gasteiger partial charge in [-0.25, -0.2) is 0 Å². The van der Waals surface area contributed by atoms with Crippen LogP contribution < -0.4 is 0 Å². The number of ether oxygens (including phenoxy) is 1. The van der Waals surface area contributed by atoms with Gasteiger partial charge in [-0.1, -0.05) is 20.3 Å². The molecule has 1 aliphatic heterocycles. The van der Waals surface area contributed by atoms with Gasteiger partial charge in [0.15, 0.2) is 0 Å². The highest BCUT2D eigenvalue weighted by atomic mass is 16.6. The molecule has 0 spiro atoms. The van der Waals surface area contributed by atoms with Crippen LogP contribution in [0.1, 0.15) is 26.7 Å². The summed E-state index contributed by atoms with van der Waals surface area (Å²) in [5.74, 6) is 0.437. The van der Waals surface area contributed by atoms with Gasteiger partial charge in [-0.2, -0.15) is 5.06 Å². The van der Waals surface area contributed by atoms with Crippen LogP contribution >= 0.6 is 0 Å². The number of hydroxylamine groups is 2. The Morgan fingerprint density at radius 1 is 1.73 bits per heavy atom. The molecule has 0 aliphatic carbocycles. The maximum absolute atomic E-state index is 9.29. The summed E-state index contributed by atoms with van der Waals surface area (Å²) in [4.78, 5) is 0. The first-order valence-electron chi connectivity index (χ1n) is 4.32. The lowest BCUT2D eigenvalue weighted by atomic mass is 10.0. The van der Waals surface area contributed by atoms with Crippen molar-refractivity contribution in [3.05, 3.63) is 0 Å². The molecule has 66 valence electrons. The normalized spacial score (nSPS) is 29.2. The van der Waals surface area contributed by atoms with Gasteiger partial charge in [0.1, 0.15) is 6.23 Å². The van der Waals surface area contributed by atoms with Crippen LogP contribution in [0.3, 0.4) is 0 Å². The van der Waals surface area contributed by atoms with E-state index in [1.165, 1.54) is 5.06 Å². The first-order valence-corrected chi connectivity index (χ1v) is 4.32. The average molecular weight is 159 g/mol. The minimum atomic E-state index is -0.0602. The van der Waals surface area contributed by atoms with E-state index in [1.54, 1.807) is 0 Å². The van der Waals surface area contributed by atoms with Crippen molar-refractivity contribution in [1.29, 1.82) is 0 Å². The van der Waals surface area contributed by atoms with E-state index in [9.17, 15) is 5.21 Å². The Labute approximate surface area is 67.9 Å². The van der Waals surface area contributed by atoms with Crippen molar-refractivity contribution >= 4 is 0 Å². The van der Waals surface area contributed by atoms with Gasteiger partial charge in [0, 0.05) is 0 Å². The Bertz CT molecular complexity index is 119. The Hall–Kier alpha value is -0.120. The quantitative estimate of drug-likeness (QED) is 0.677. The van der Waals surface area contributed by atoms with Gasteiger partial charge in [0.25, 0.3) is 0 Å². The van der Waals surface area contributed by atoms with Gasteiger partial charge in [0.05, 0.1) is 13.2 Å². The second kappa shape index (κ2) is 4.04. The van der Waals surface area contributed by atoms with Gasteiger partial charge < -0.3 is 9.94 Å².